The van der Waals surface area contributed by atoms with Crippen molar-refractivity contribution in [2.75, 3.05) is 0 Å². The zero-order chi connectivity index (χ0) is 37.8. The van der Waals surface area contributed by atoms with Gasteiger partial charge in [0.15, 0.2) is 6.29 Å². The Morgan fingerprint density at radius 1 is 0.893 bits per heavy atom. The molecule has 0 spiro atoms. The van der Waals surface area contributed by atoms with Crippen molar-refractivity contribution in [2.45, 2.75) is 191 Å². The smallest absolute Gasteiger partial charge is 0.158 e. The van der Waals surface area contributed by atoms with E-state index in [1.54, 1.807) is 11.5 Å². The predicted molar refractivity (Wildman–Crippen MR) is 218 cm³/mol. The monoisotopic (exact) mass is 1060 g/mol. The Hall–Kier alpha value is 1.67. The van der Waals surface area contributed by atoms with Crippen LogP contribution in [0.2, 0.25) is 0 Å². The predicted octanol–water partition coefficient (Wildman–Crippen LogP) is 12.2. The first kappa shape index (κ1) is 52.0. The van der Waals surface area contributed by atoms with Gasteiger partial charge in [-0.3, -0.25) is 17.6 Å². The van der Waals surface area contributed by atoms with E-state index in [1.165, 1.54) is 19.3 Å². The molecular formula is C49H80O4VWY-4. The molecule has 0 aromatic rings. The van der Waals surface area contributed by atoms with Crippen molar-refractivity contribution in [2.24, 2.45) is 80.3 Å². The first-order valence-corrected chi connectivity index (χ1v) is 22.1. The van der Waals surface area contributed by atoms with Crippen molar-refractivity contribution in [1.82, 2.24) is 0 Å². The van der Waals surface area contributed by atoms with E-state index in [0.717, 1.165) is 51.4 Å². The number of fused-ring (bicyclic) bond motifs is 7. The van der Waals surface area contributed by atoms with E-state index in [0.29, 0.717) is 59.4 Å². The first-order valence-electron chi connectivity index (χ1n) is 22.1. The number of hydrogen-bond acceptors (Lipinski definition) is 4. The number of rotatable bonds is 6. The van der Waals surface area contributed by atoms with E-state index in [4.69, 9.17) is 14.2 Å². The second-order valence-electron chi connectivity index (χ2n) is 21.7. The third kappa shape index (κ3) is 8.29. The second kappa shape index (κ2) is 18.8. The summed E-state index contributed by atoms with van der Waals surface area (Å²) < 4.78 is 21.1. The number of ether oxygens (including phenoxy) is 3. The maximum atomic E-state index is 12.7. The SMILES string of the molecule is CCC1O[C@@H](CC2[C@H](O[C@H]3CCC4(C)C5CC=C6C7CC(C)(C)CC[C@]7([C-]=O)[CH-]C[C@@]6(C)[C@@]5(C)CC[C@H]4[C-]3C)OC(C)[C@@H](C)[C@@H]2C)C(C)[C@@H](C)[C@H]1C.[CH3-].[V].[W].[Y]. The van der Waals surface area contributed by atoms with E-state index in [1.807, 2.05) is 0 Å². The van der Waals surface area contributed by atoms with Gasteiger partial charge in [-0.15, -0.1) is 0 Å². The molecule has 18 atom stereocenters. The van der Waals surface area contributed by atoms with Gasteiger partial charge in [-0.25, -0.2) is 0 Å². The zero-order valence-corrected chi connectivity index (χ0v) is 45.2. The fourth-order valence-corrected chi connectivity index (χ4v) is 14.4. The molecular weight excluding hydrogens is 976 g/mol. The Balaban J connectivity index is 0.00000210. The molecule has 4 nitrogen and oxygen atoms in total. The molecule has 7 rings (SSSR count). The van der Waals surface area contributed by atoms with E-state index in [-0.39, 0.29) is 131 Å². The number of carbonyl (C=O) groups excluding carboxylic acids is 1. The van der Waals surface area contributed by atoms with E-state index in [9.17, 15) is 4.79 Å². The van der Waals surface area contributed by atoms with Crippen LogP contribution in [-0.4, -0.2) is 37.0 Å². The largest absolute Gasteiger partial charge is 0.544 e. The van der Waals surface area contributed by atoms with Crippen molar-refractivity contribution >= 4 is 6.29 Å². The van der Waals surface area contributed by atoms with Gasteiger partial charge < -0.3 is 32.9 Å². The summed E-state index contributed by atoms with van der Waals surface area (Å²) in [5.74, 6) is 6.21. The summed E-state index contributed by atoms with van der Waals surface area (Å²) in [6.07, 6.45) is 20.8. The summed E-state index contributed by atoms with van der Waals surface area (Å²) >= 11 is 0. The zero-order valence-electron chi connectivity index (χ0n) is 38.1. The number of allylic oxidation sites excluding steroid dienone is 2. The van der Waals surface area contributed by atoms with Gasteiger partial charge in [-0.1, -0.05) is 131 Å². The average Bonchev–Trinajstić information content (AvgIpc) is 3.10. The summed E-state index contributed by atoms with van der Waals surface area (Å²) in [6, 6.07) is 0. The van der Waals surface area contributed by atoms with E-state index < -0.39 is 0 Å². The van der Waals surface area contributed by atoms with Gasteiger partial charge in [0.25, 0.3) is 0 Å². The van der Waals surface area contributed by atoms with Crippen LogP contribution in [0.5, 0.6) is 0 Å². The molecule has 0 aromatic heterocycles. The van der Waals surface area contributed by atoms with Crippen LogP contribution in [-0.2, 0) is 91.3 Å². The van der Waals surface area contributed by atoms with Crippen molar-refractivity contribution < 1.29 is 91.3 Å². The van der Waals surface area contributed by atoms with Crippen LogP contribution < -0.4 is 0 Å². The molecule has 2 radical (unpaired) electrons. The fraction of sp³-hybridized carbons (Fsp3) is 0.878. The maximum Gasteiger partial charge on any atom is 0.158 e. The van der Waals surface area contributed by atoms with Gasteiger partial charge in [0.2, 0.25) is 0 Å². The van der Waals surface area contributed by atoms with Gasteiger partial charge in [0.1, 0.15) is 0 Å². The van der Waals surface area contributed by atoms with Gasteiger partial charge in [-0.05, 0) is 97.2 Å². The van der Waals surface area contributed by atoms with E-state index in [2.05, 4.69) is 109 Å². The minimum absolute atomic E-state index is 0. The second-order valence-corrected chi connectivity index (χ2v) is 21.7. The van der Waals surface area contributed by atoms with Gasteiger partial charge in [0.05, 0.1) is 18.3 Å². The Morgan fingerprint density at radius 3 is 2.20 bits per heavy atom. The normalized spacial score (nSPS) is 51.0. The molecule has 5 aliphatic carbocycles. The van der Waals surface area contributed by atoms with Crippen molar-refractivity contribution in [1.29, 1.82) is 0 Å². The maximum absolute atomic E-state index is 12.7. The van der Waals surface area contributed by atoms with Crippen LogP contribution in [0.4, 0.5) is 0 Å². The molecule has 7 unspecified atom stereocenters. The molecule has 4 saturated carbocycles. The minimum atomic E-state index is -0.383. The fourth-order valence-electron chi connectivity index (χ4n) is 14.4. The molecule has 2 heterocycles. The third-order valence-corrected chi connectivity index (χ3v) is 19.2. The average molecular weight is 1060 g/mol. The van der Waals surface area contributed by atoms with Crippen LogP contribution >= 0.6 is 0 Å². The first-order chi connectivity index (χ1) is 24.4. The number of hydrogen-bond donors (Lipinski definition) is 0. The Kier molecular flexibility index (Phi) is 17.5. The molecule has 0 aromatic carbocycles. The van der Waals surface area contributed by atoms with Crippen LogP contribution in [0.1, 0.15) is 161 Å². The summed E-state index contributed by atoms with van der Waals surface area (Å²) in [4.78, 5) is 12.7. The van der Waals surface area contributed by atoms with Gasteiger partial charge >= 0.3 is 0 Å². The summed E-state index contributed by atoms with van der Waals surface area (Å²) in [5, 5.41) is 0. The molecule has 7 aliphatic rings. The van der Waals surface area contributed by atoms with Crippen molar-refractivity contribution in [3.63, 3.8) is 0 Å². The van der Waals surface area contributed by atoms with Gasteiger partial charge in [-0.2, -0.15) is 19.3 Å². The van der Waals surface area contributed by atoms with Crippen LogP contribution in [0.15, 0.2) is 11.6 Å². The molecule has 2 saturated heterocycles. The summed E-state index contributed by atoms with van der Waals surface area (Å²) in [5.41, 5.74) is 2.06. The summed E-state index contributed by atoms with van der Waals surface area (Å²) in [7, 11) is 0. The summed E-state index contributed by atoms with van der Waals surface area (Å²) in [6.45, 7) is 31.8. The molecule has 7 heteroatoms. The topological polar surface area (TPSA) is 44.8 Å². The molecule has 0 amide bonds. The molecule has 56 heavy (non-hydrogen) atoms. The van der Waals surface area contributed by atoms with Crippen LogP contribution in [0.3, 0.4) is 0 Å². The Bertz CT molecular complexity index is 1370. The van der Waals surface area contributed by atoms with Gasteiger partial charge in [0, 0.05) is 78.2 Å². The Morgan fingerprint density at radius 2 is 1.55 bits per heavy atom. The van der Waals surface area contributed by atoms with Crippen molar-refractivity contribution in [3.05, 3.63) is 31.4 Å². The molecule has 2 aliphatic heterocycles. The standard InChI is InChI=1S/C48H77O4.CH3.V.W.Y/c1-14-39-31(5)28(2)32(6)41(51-39)25-35-30(4)29(3)34(8)50-43(35)52-40-18-19-45(11)36(33(40)7)17-20-47(13)42(45)16-15-37-38-26-44(9,10)21-23-48(38,27-49)24-22-46(37,47)12;;;;/h15,24,28-32,34-36,38-43H,14,16-23,25-26H2,1-13H3;1H3;;;/q-3;-1;;;/t28-,29-,30-,31+,32?,34?,35?,36-,38?,39?,40-,41-,42?,43-,45?,46+,47-,48+;;;;/m0..../s1. The van der Waals surface area contributed by atoms with E-state index >= 15 is 0 Å². The molecule has 0 N–H and O–H groups in total. The van der Waals surface area contributed by atoms with Crippen LogP contribution in [0.25, 0.3) is 0 Å². The third-order valence-electron chi connectivity index (χ3n) is 19.2. The quantitative estimate of drug-likeness (QED) is 0.151. The molecule has 6 fully saturated rings. The minimum Gasteiger partial charge on any atom is -0.544 e. The molecule has 318 valence electrons. The molecule has 0 bridgehead atoms. The van der Waals surface area contributed by atoms with Crippen LogP contribution in [0, 0.1) is 100 Å². The van der Waals surface area contributed by atoms with Crippen molar-refractivity contribution in [3.8, 4) is 0 Å². The Labute approximate surface area is 397 Å².